The minimum atomic E-state index is 0.499. The summed E-state index contributed by atoms with van der Waals surface area (Å²) in [6.45, 7) is 1.04. The molecule has 124 valence electrons. The molecule has 0 radical (unpaired) electrons. The van der Waals surface area contributed by atoms with Crippen molar-refractivity contribution < 1.29 is 0 Å². The average molecular weight is 363 g/mol. The van der Waals surface area contributed by atoms with Gasteiger partial charge >= 0.3 is 0 Å². The van der Waals surface area contributed by atoms with Gasteiger partial charge in [0.25, 0.3) is 0 Å². The number of fused-ring (bicyclic) bond motifs is 1. The molecule has 8 heteroatoms. The molecule has 0 unspecified atom stereocenters. The minimum absolute atomic E-state index is 0.499. The van der Waals surface area contributed by atoms with Crippen LogP contribution >= 0.6 is 23.2 Å². The molecule has 0 aliphatic rings. The first-order chi connectivity index (χ1) is 11.7. The van der Waals surface area contributed by atoms with Crippen molar-refractivity contribution in [2.75, 3.05) is 7.05 Å². The summed E-state index contributed by atoms with van der Waals surface area (Å²) in [4.78, 5) is 4.20. The number of guanidine groups is 1. The zero-order valence-corrected chi connectivity index (χ0v) is 14.5. The highest BCUT2D eigenvalue weighted by Crippen LogP contribution is 2.20. The van der Waals surface area contributed by atoms with E-state index in [0.29, 0.717) is 29.1 Å². The van der Waals surface area contributed by atoms with Gasteiger partial charge in [-0.05, 0) is 29.8 Å². The Balaban J connectivity index is 1.61. The highest BCUT2D eigenvalue weighted by atomic mass is 35.5. The van der Waals surface area contributed by atoms with Gasteiger partial charge in [-0.25, -0.2) is 0 Å². The van der Waals surface area contributed by atoms with E-state index in [0.717, 1.165) is 17.0 Å². The smallest absolute Gasteiger partial charge is 0.191 e. The number of rotatable bonds is 4. The van der Waals surface area contributed by atoms with E-state index in [1.165, 1.54) is 0 Å². The van der Waals surface area contributed by atoms with Crippen molar-refractivity contribution >= 4 is 34.8 Å². The monoisotopic (exact) mass is 362 g/mol. The maximum absolute atomic E-state index is 6.17. The molecule has 6 nitrogen and oxygen atoms in total. The Labute approximate surface area is 149 Å². The van der Waals surface area contributed by atoms with Gasteiger partial charge in [0.05, 0.1) is 6.54 Å². The normalized spacial score (nSPS) is 11.7. The summed E-state index contributed by atoms with van der Waals surface area (Å²) >= 11 is 12.1. The van der Waals surface area contributed by atoms with Crippen LogP contribution in [0.15, 0.2) is 47.6 Å². The number of aliphatic imine (C=N–C) groups is 1. The molecule has 2 heterocycles. The fourth-order valence-corrected chi connectivity index (χ4v) is 2.71. The van der Waals surface area contributed by atoms with E-state index in [4.69, 9.17) is 23.2 Å². The molecule has 3 aromatic rings. The lowest BCUT2D eigenvalue weighted by atomic mass is 10.2. The van der Waals surface area contributed by atoms with Gasteiger partial charge in [0.2, 0.25) is 0 Å². The topological polar surface area (TPSA) is 66.6 Å². The second-order valence-corrected chi connectivity index (χ2v) is 5.90. The van der Waals surface area contributed by atoms with Crippen molar-refractivity contribution in [1.82, 2.24) is 25.2 Å². The Kier molecular flexibility index (Phi) is 5.17. The first kappa shape index (κ1) is 16.5. The first-order valence-corrected chi connectivity index (χ1v) is 8.10. The predicted octanol–water partition coefficient (Wildman–Crippen LogP) is 2.90. The molecule has 0 aliphatic heterocycles. The largest absolute Gasteiger partial charge is 0.352 e. The van der Waals surface area contributed by atoms with Gasteiger partial charge in [-0.2, -0.15) is 0 Å². The standard InChI is InChI=1S/C16H16Cl2N6/c1-19-16(20-9-11-5-6-12(17)8-13(11)18)21-10-15-23-22-14-4-2-3-7-24(14)15/h2-8H,9-10H2,1H3,(H2,19,20,21). The van der Waals surface area contributed by atoms with Crippen LogP contribution in [0.3, 0.4) is 0 Å². The zero-order chi connectivity index (χ0) is 16.9. The van der Waals surface area contributed by atoms with Crippen molar-refractivity contribution in [3.8, 4) is 0 Å². The fraction of sp³-hybridized carbons (Fsp3) is 0.188. The lowest BCUT2D eigenvalue weighted by molar-refractivity contribution is 0.763. The van der Waals surface area contributed by atoms with E-state index >= 15 is 0 Å². The molecule has 0 saturated heterocycles. The number of benzene rings is 1. The molecule has 1 aromatic carbocycles. The van der Waals surface area contributed by atoms with Gasteiger partial charge in [-0.15, -0.1) is 10.2 Å². The number of nitrogens with one attached hydrogen (secondary N) is 2. The Bertz CT molecular complexity index is 874. The number of aromatic nitrogens is 3. The SMILES string of the molecule is CN=C(NCc1ccc(Cl)cc1Cl)NCc1nnc2ccccn12. The lowest BCUT2D eigenvalue weighted by Crippen LogP contribution is -2.36. The summed E-state index contributed by atoms with van der Waals surface area (Å²) in [5, 5.41) is 16.0. The van der Waals surface area contributed by atoms with Crippen molar-refractivity contribution in [2.24, 2.45) is 4.99 Å². The van der Waals surface area contributed by atoms with Crippen molar-refractivity contribution in [3.05, 3.63) is 64.0 Å². The Morgan fingerprint density at radius 3 is 2.75 bits per heavy atom. The van der Waals surface area contributed by atoms with Crippen LogP contribution in [0.4, 0.5) is 0 Å². The van der Waals surface area contributed by atoms with E-state index in [1.54, 1.807) is 13.1 Å². The van der Waals surface area contributed by atoms with Crippen LogP contribution in [0.5, 0.6) is 0 Å². The number of halogens is 2. The van der Waals surface area contributed by atoms with Gasteiger partial charge in [-0.3, -0.25) is 9.39 Å². The van der Waals surface area contributed by atoms with Crippen LogP contribution < -0.4 is 10.6 Å². The second kappa shape index (κ2) is 7.51. The van der Waals surface area contributed by atoms with Crippen LogP contribution in [-0.4, -0.2) is 27.6 Å². The highest BCUT2D eigenvalue weighted by molar-refractivity contribution is 6.35. The summed E-state index contributed by atoms with van der Waals surface area (Å²) in [5.74, 6) is 1.45. The van der Waals surface area contributed by atoms with Gasteiger partial charge in [0.15, 0.2) is 17.4 Å². The quantitative estimate of drug-likeness (QED) is 0.553. The van der Waals surface area contributed by atoms with E-state index < -0.39 is 0 Å². The molecule has 0 amide bonds. The van der Waals surface area contributed by atoms with E-state index in [-0.39, 0.29) is 0 Å². The number of hydrogen-bond donors (Lipinski definition) is 2. The zero-order valence-electron chi connectivity index (χ0n) is 13.0. The first-order valence-electron chi connectivity index (χ1n) is 7.34. The second-order valence-electron chi connectivity index (χ2n) is 5.06. The molecule has 0 fully saturated rings. The summed E-state index contributed by atoms with van der Waals surface area (Å²) in [7, 11) is 1.71. The van der Waals surface area contributed by atoms with E-state index in [2.05, 4.69) is 25.8 Å². The third kappa shape index (κ3) is 3.77. The maximum atomic E-state index is 6.17. The van der Waals surface area contributed by atoms with Crippen molar-refractivity contribution in [2.45, 2.75) is 13.1 Å². The molecule has 0 spiro atoms. The van der Waals surface area contributed by atoms with Gasteiger partial charge in [0, 0.05) is 29.8 Å². The Morgan fingerprint density at radius 2 is 1.96 bits per heavy atom. The Morgan fingerprint density at radius 1 is 1.12 bits per heavy atom. The van der Waals surface area contributed by atoms with Crippen LogP contribution in [0.2, 0.25) is 10.0 Å². The van der Waals surface area contributed by atoms with Crippen molar-refractivity contribution in [1.29, 1.82) is 0 Å². The average Bonchev–Trinajstić information content (AvgIpc) is 3.00. The van der Waals surface area contributed by atoms with E-state index in [1.807, 2.05) is 40.9 Å². The third-order valence-electron chi connectivity index (χ3n) is 3.48. The molecule has 2 N–H and O–H groups in total. The molecule has 0 bridgehead atoms. The molecular weight excluding hydrogens is 347 g/mol. The predicted molar refractivity (Wildman–Crippen MR) is 96.5 cm³/mol. The maximum Gasteiger partial charge on any atom is 0.191 e. The summed E-state index contributed by atoms with van der Waals surface area (Å²) < 4.78 is 1.93. The summed E-state index contributed by atoms with van der Waals surface area (Å²) in [6, 6.07) is 11.2. The Hall–Kier alpha value is -2.31. The van der Waals surface area contributed by atoms with Crippen LogP contribution in [0.1, 0.15) is 11.4 Å². The molecule has 2 aromatic heterocycles. The van der Waals surface area contributed by atoms with Crippen LogP contribution in [0, 0.1) is 0 Å². The van der Waals surface area contributed by atoms with E-state index in [9.17, 15) is 0 Å². The minimum Gasteiger partial charge on any atom is -0.352 e. The van der Waals surface area contributed by atoms with Crippen molar-refractivity contribution in [3.63, 3.8) is 0 Å². The number of pyridine rings is 1. The number of hydrogen-bond acceptors (Lipinski definition) is 3. The van der Waals surface area contributed by atoms with Gasteiger partial charge < -0.3 is 10.6 Å². The molecule has 3 rings (SSSR count). The molecule has 0 aliphatic carbocycles. The van der Waals surface area contributed by atoms with Crippen LogP contribution in [-0.2, 0) is 13.1 Å². The molecule has 0 atom stereocenters. The molecule has 0 saturated carbocycles. The fourth-order valence-electron chi connectivity index (χ4n) is 2.24. The van der Waals surface area contributed by atoms with Crippen LogP contribution in [0.25, 0.3) is 5.65 Å². The van der Waals surface area contributed by atoms with Gasteiger partial charge in [-0.1, -0.05) is 35.3 Å². The third-order valence-corrected chi connectivity index (χ3v) is 4.07. The van der Waals surface area contributed by atoms with Gasteiger partial charge in [0.1, 0.15) is 0 Å². The molecular formula is C16H16Cl2N6. The molecule has 24 heavy (non-hydrogen) atoms. The summed E-state index contributed by atoms with van der Waals surface area (Å²) in [6.07, 6.45) is 1.93. The summed E-state index contributed by atoms with van der Waals surface area (Å²) in [5.41, 5.74) is 1.75. The number of nitrogens with zero attached hydrogens (tertiary/aromatic N) is 4. The highest BCUT2D eigenvalue weighted by Gasteiger charge is 2.06. The lowest BCUT2D eigenvalue weighted by Gasteiger charge is -2.12.